The van der Waals surface area contributed by atoms with Gasteiger partial charge >= 0.3 is 6.09 Å². The van der Waals surface area contributed by atoms with Crippen LogP contribution in [0.1, 0.15) is 12.6 Å². The van der Waals surface area contributed by atoms with Crippen LogP contribution in [0, 0.1) is 0 Å². The molecule has 0 aliphatic heterocycles. The first-order valence-electron chi connectivity index (χ1n) is 8.41. The Labute approximate surface area is 149 Å². The smallest absolute Gasteiger partial charge is 0.433 e. The summed E-state index contributed by atoms with van der Waals surface area (Å²) in [6.45, 7) is 2.14. The zero-order valence-corrected chi connectivity index (χ0v) is 14.3. The highest BCUT2D eigenvalue weighted by Gasteiger charge is 2.19. The predicted molar refractivity (Wildman–Crippen MR) is 99.5 cm³/mol. The van der Waals surface area contributed by atoms with Crippen LogP contribution in [0.2, 0.25) is 0 Å². The maximum absolute atomic E-state index is 12.8. The van der Waals surface area contributed by atoms with Crippen LogP contribution in [0.25, 0.3) is 21.8 Å². The van der Waals surface area contributed by atoms with E-state index in [0.717, 1.165) is 10.9 Å². The molecule has 0 N–H and O–H groups in total. The molecule has 4 rings (SSSR count). The highest BCUT2D eigenvalue weighted by atomic mass is 16.6. The van der Waals surface area contributed by atoms with Gasteiger partial charge in [0, 0.05) is 5.39 Å². The Morgan fingerprint density at radius 2 is 1.81 bits per heavy atom. The van der Waals surface area contributed by atoms with Crippen molar-refractivity contribution in [2.45, 2.75) is 13.5 Å². The number of hydrogen-bond donors (Lipinski definition) is 0. The van der Waals surface area contributed by atoms with E-state index in [1.165, 1.54) is 9.36 Å². The Morgan fingerprint density at radius 1 is 1.04 bits per heavy atom. The third-order valence-corrected chi connectivity index (χ3v) is 4.25. The Hall–Kier alpha value is -3.41. The summed E-state index contributed by atoms with van der Waals surface area (Å²) in [6.07, 6.45) is -0.577. The summed E-state index contributed by atoms with van der Waals surface area (Å²) in [6, 6.07) is 18.6. The monoisotopic (exact) mass is 347 g/mol. The summed E-state index contributed by atoms with van der Waals surface area (Å²) in [7, 11) is 0. The van der Waals surface area contributed by atoms with Crippen molar-refractivity contribution in [3.05, 3.63) is 76.7 Å². The molecule has 0 spiro atoms. The number of carbonyl (C=O) groups is 1. The lowest BCUT2D eigenvalue weighted by Crippen LogP contribution is -2.29. The van der Waals surface area contributed by atoms with Gasteiger partial charge < -0.3 is 4.74 Å². The molecule has 2 aromatic heterocycles. The molecule has 4 aromatic rings. The first-order chi connectivity index (χ1) is 12.7. The fourth-order valence-electron chi connectivity index (χ4n) is 3.07. The fourth-order valence-corrected chi connectivity index (χ4v) is 3.07. The molecular formula is C20H17N3O3. The van der Waals surface area contributed by atoms with E-state index < -0.39 is 6.09 Å². The van der Waals surface area contributed by atoms with Gasteiger partial charge in [-0.1, -0.05) is 36.4 Å². The van der Waals surface area contributed by atoms with Gasteiger partial charge in [0.1, 0.15) is 0 Å². The number of nitrogens with zero attached hydrogens (tertiary/aromatic N) is 3. The minimum Gasteiger partial charge on any atom is -0.448 e. The SMILES string of the molecule is CCOC(=O)n1c2ccccc2c(=O)n1Cc1ccc2ccccc2n1. The standard InChI is InChI=1S/C20H17N3O3/c1-2-26-20(25)23-18-10-6-4-8-16(18)19(24)22(23)13-15-12-11-14-7-3-5-9-17(14)21-15/h3-12H,2,13H2,1H3. The lowest BCUT2D eigenvalue weighted by molar-refractivity contribution is 0.147. The summed E-state index contributed by atoms with van der Waals surface area (Å²) < 4.78 is 7.81. The predicted octanol–water partition coefficient (Wildman–Crippen LogP) is 3.40. The summed E-state index contributed by atoms with van der Waals surface area (Å²) in [5.41, 5.74) is 1.82. The molecule has 130 valence electrons. The molecule has 2 aromatic carbocycles. The maximum atomic E-state index is 12.8. The van der Waals surface area contributed by atoms with Crippen molar-refractivity contribution in [3.8, 4) is 0 Å². The van der Waals surface area contributed by atoms with Gasteiger partial charge in [0.05, 0.1) is 35.3 Å². The average Bonchev–Trinajstić information content (AvgIpc) is 2.94. The molecule has 6 nitrogen and oxygen atoms in total. The highest BCUT2D eigenvalue weighted by Crippen LogP contribution is 2.15. The number of hydrogen-bond acceptors (Lipinski definition) is 4. The zero-order valence-electron chi connectivity index (χ0n) is 14.3. The molecule has 0 unspecified atom stereocenters. The van der Waals surface area contributed by atoms with Crippen LogP contribution in [0.4, 0.5) is 4.79 Å². The van der Waals surface area contributed by atoms with Crippen LogP contribution < -0.4 is 5.56 Å². The number of ether oxygens (including phenoxy) is 1. The molecule has 0 amide bonds. The molecule has 0 fully saturated rings. The lowest BCUT2D eigenvalue weighted by Gasteiger charge is -2.11. The molecular weight excluding hydrogens is 330 g/mol. The molecule has 26 heavy (non-hydrogen) atoms. The highest BCUT2D eigenvalue weighted by molar-refractivity contribution is 5.87. The molecule has 0 bridgehead atoms. The van der Waals surface area contributed by atoms with E-state index in [0.29, 0.717) is 16.6 Å². The summed E-state index contributed by atoms with van der Waals surface area (Å²) in [5, 5.41) is 1.50. The number of rotatable bonds is 3. The Bertz CT molecular complexity index is 1170. The third-order valence-electron chi connectivity index (χ3n) is 4.25. The van der Waals surface area contributed by atoms with E-state index in [-0.39, 0.29) is 18.7 Å². The molecule has 0 saturated heterocycles. The van der Waals surface area contributed by atoms with E-state index in [1.54, 1.807) is 31.2 Å². The molecule has 0 aliphatic rings. The number of pyridine rings is 1. The van der Waals surface area contributed by atoms with Gasteiger partial charge in [-0.05, 0) is 31.2 Å². The van der Waals surface area contributed by atoms with Gasteiger partial charge in [-0.2, -0.15) is 4.68 Å². The van der Waals surface area contributed by atoms with Gasteiger partial charge in [0.25, 0.3) is 5.56 Å². The van der Waals surface area contributed by atoms with Gasteiger partial charge in [0.15, 0.2) is 0 Å². The molecule has 0 saturated carbocycles. The van der Waals surface area contributed by atoms with Gasteiger partial charge in [-0.25, -0.2) is 9.48 Å². The Kier molecular flexibility index (Phi) is 4.01. The van der Waals surface area contributed by atoms with E-state index >= 15 is 0 Å². The van der Waals surface area contributed by atoms with Crippen LogP contribution in [-0.2, 0) is 11.3 Å². The quantitative estimate of drug-likeness (QED) is 0.570. The summed E-state index contributed by atoms with van der Waals surface area (Å²) in [5.74, 6) is 0. The first kappa shape index (κ1) is 16.1. The van der Waals surface area contributed by atoms with Gasteiger partial charge in [-0.3, -0.25) is 9.78 Å². The largest absolute Gasteiger partial charge is 0.448 e. The van der Waals surface area contributed by atoms with Crippen LogP contribution in [-0.4, -0.2) is 27.0 Å². The number of carbonyl (C=O) groups excluding carboxylic acids is 1. The second-order valence-electron chi connectivity index (χ2n) is 5.89. The number of para-hydroxylation sites is 2. The van der Waals surface area contributed by atoms with Crippen molar-refractivity contribution < 1.29 is 9.53 Å². The maximum Gasteiger partial charge on any atom is 0.433 e. The Morgan fingerprint density at radius 3 is 2.65 bits per heavy atom. The van der Waals surface area contributed by atoms with E-state index in [9.17, 15) is 9.59 Å². The van der Waals surface area contributed by atoms with Crippen molar-refractivity contribution in [1.82, 2.24) is 14.3 Å². The van der Waals surface area contributed by atoms with E-state index in [4.69, 9.17) is 4.74 Å². The first-order valence-corrected chi connectivity index (χ1v) is 8.41. The Balaban J connectivity index is 1.86. The third kappa shape index (κ3) is 2.65. The van der Waals surface area contributed by atoms with Crippen molar-refractivity contribution in [2.24, 2.45) is 0 Å². The van der Waals surface area contributed by atoms with Gasteiger partial charge in [-0.15, -0.1) is 0 Å². The topological polar surface area (TPSA) is 66.1 Å². The minimum atomic E-state index is -0.577. The van der Waals surface area contributed by atoms with E-state index in [2.05, 4.69) is 4.98 Å². The zero-order chi connectivity index (χ0) is 18.1. The summed E-state index contributed by atoms with van der Waals surface area (Å²) >= 11 is 0. The van der Waals surface area contributed by atoms with E-state index in [1.807, 2.05) is 36.4 Å². The van der Waals surface area contributed by atoms with Crippen molar-refractivity contribution in [2.75, 3.05) is 6.61 Å². The number of benzene rings is 2. The number of aromatic nitrogens is 3. The number of fused-ring (bicyclic) bond motifs is 2. The van der Waals surface area contributed by atoms with Crippen LogP contribution in [0.15, 0.2) is 65.5 Å². The van der Waals surface area contributed by atoms with Crippen LogP contribution in [0.5, 0.6) is 0 Å². The summed E-state index contributed by atoms with van der Waals surface area (Å²) in [4.78, 5) is 29.9. The minimum absolute atomic E-state index is 0.178. The molecule has 0 atom stereocenters. The molecule has 0 aliphatic carbocycles. The lowest BCUT2D eigenvalue weighted by atomic mass is 10.2. The van der Waals surface area contributed by atoms with Gasteiger partial charge in [0.2, 0.25) is 0 Å². The van der Waals surface area contributed by atoms with Crippen molar-refractivity contribution >= 4 is 27.9 Å². The molecule has 0 radical (unpaired) electrons. The van der Waals surface area contributed by atoms with Crippen LogP contribution >= 0.6 is 0 Å². The molecule has 6 heteroatoms. The second-order valence-corrected chi connectivity index (χ2v) is 5.89. The second kappa shape index (κ2) is 6.48. The normalized spacial score (nSPS) is 11.1. The molecule has 2 heterocycles. The van der Waals surface area contributed by atoms with Crippen LogP contribution in [0.3, 0.4) is 0 Å². The van der Waals surface area contributed by atoms with Crippen molar-refractivity contribution in [1.29, 1.82) is 0 Å². The van der Waals surface area contributed by atoms with Crippen molar-refractivity contribution in [3.63, 3.8) is 0 Å². The fraction of sp³-hybridized carbons (Fsp3) is 0.150. The average molecular weight is 347 g/mol.